The molecule has 0 radical (unpaired) electrons. The van der Waals surface area contributed by atoms with Crippen LogP contribution in [-0.2, 0) is 11.2 Å². The third-order valence-corrected chi connectivity index (χ3v) is 1.59. The predicted octanol–water partition coefficient (Wildman–Crippen LogP) is 0.925. The molecule has 1 heterocycles. The van der Waals surface area contributed by atoms with Gasteiger partial charge in [0.2, 0.25) is 0 Å². The number of aryl methyl sites for hydroxylation is 1. The highest BCUT2D eigenvalue weighted by atomic mass is 16.6. The van der Waals surface area contributed by atoms with Crippen LogP contribution in [0.2, 0.25) is 0 Å². The molecule has 1 rings (SSSR count). The lowest BCUT2D eigenvalue weighted by molar-refractivity contribution is -0.390. The van der Waals surface area contributed by atoms with Crippen LogP contribution >= 0.6 is 0 Å². The minimum atomic E-state index is -1.11. The minimum absolute atomic E-state index is 0.127. The van der Waals surface area contributed by atoms with Crippen molar-refractivity contribution in [3.05, 3.63) is 33.5 Å². The van der Waals surface area contributed by atoms with E-state index < -0.39 is 16.7 Å². The van der Waals surface area contributed by atoms with Crippen molar-refractivity contribution in [2.24, 2.45) is 0 Å². The number of aromatic nitrogens is 1. The van der Waals surface area contributed by atoms with Gasteiger partial charge in [0.05, 0.1) is 12.0 Å². The van der Waals surface area contributed by atoms with Crippen LogP contribution < -0.4 is 0 Å². The van der Waals surface area contributed by atoms with Crippen molar-refractivity contribution in [1.82, 2.24) is 4.98 Å². The molecule has 0 amide bonds. The summed E-state index contributed by atoms with van der Waals surface area (Å²) in [5, 5.41) is 19.0. The summed E-state index contributed by atoms with van der Waals surface area (Å²) in [4.78, 5) is 23.8. The quantitative estimate of drug-likeness (QED) is 0.573. The Morgan fingerprint density at radius 2 is 2.36 bits per heavy atom. The third kappa shape index (κ3) is 2.25. The summed E-state index contributed by atoms with van der Waals surface area (Å²) in [7, 11) is 0. The van der Waals surface area contributed by atoms with E-state index in [1.165, 1.54) is 12.3 Å². The van der Waals surface area contributed by atoms with E-state index >= 15 is 0 Å². The van der Waals surface area contributed by atoms with Gasteiger partial charge in [0.25, 0.3) is 0 Å². The first-order chi connectivity index (χ1) is 6.50. The number of pyridine rings is 1. The van der Waals surface area contributed by atoms with E-state index in [-0.39, 0.29) is 12.0 Å². The molecule has 6 nitrogen and oxygen atoms in total. The molecular formula is C8H8N2O4. The lowest BCUT2D eigenvalue weighted by Gasteiger charge is -1.99. The molecule has 0 saturated carbocycles. The van der Waals surface area contributed by atoms with E-state index in [2.05, 4.69) is 4.98 Å². The average molecular weight is 196 g/mol. The van der Waals surface area contributed by atoms with E-state index in [9.17, 15) is 14.9 Å². The van der Waals surface area contributed by atoms with Gasteiger partial charge in [-0.3, -0.25) is 4.79 Å². The Bertz CT molecular complexity index is 389. The second-order valence-corrected chi connectivity index (χ2v) is 2.82. The fourth-order valence-corrected chi connectivity index (χ4v) is 1.08. The molecule has 14 heavy (non-hydrogen) atoms. The average Bonchev–Trinajstić information content (AvgIpc) is 2.01. The monoisotopic (exact) mass is 196 g/mol. The van der Waals surface area contributed by atoms with E-state index in [0.717, 1.165) is 0 Å². The normalized spacial score (nSPS) is 9.79. The second-order valence-electron chi connectivity index (χ2n) is 2.82. The zero-order chi connectivity index (χ0) is 10.7. The van der Waals surface area contributed by atoms with E-state index in [4.69, 9.17) is 5.11 Å². The molecule has 0 fully saturated rings. The standard InChI is InChI=1S/C8H8N2O4/c1-5-2-6(3-7(11)12)8(9-4-5)10(13)14/h2,4H,3H2,1H3,(H,11,12). The molecule has 1 N–H and O–H groups in total. The summed E-state index contributed by atoms with van der Waals surface area (Å²) >= 11 is 0. The second kappa shape index (κ2) is 3.82. The predicted molar refractivity (Wildman–Crippen MR) is 47.0 cm³/mol. The summed E-state index contributed by atoms with van der Waals surface area (Å²) in [6, 6.07) is 1.46. The molecule has 0 aliphatic rings. The minimum Gasteiger partial charge on any atom is -0.481 e. The van der Waals surface area contributed by atoms with Crippen molar-refractivity contribution in [2.45, 2.75) is 13.3 Å². The molecule has 0 saturated heterocycles. The number of nitro groups is 1. The number of nitrogens with zero attached hydrogens (tertiary/aromatic N) is 2. The highest BCUT2D eigenvalue weighted by molar-refractivity contribution is 5.71. The Hall–Kier alpha value is -1.98. The molecule has 1 aromatic rings. The van der Waals surface area contributed by atoms with Gasteiger partial charge in [-0.15, -0.1) is 0 Å². The molecule has 74 valence electrons. The number of carbonyl (C=O) groups is 1. The van der Waals surface area contributed by atoms with Crippen LogP contribution in [0.15, 0.2) is 12.3 Å². The first-order valence-corrected chi connectivity index (χ1v) is 3.82. The number of hydrogen-bond donors (Lipinski definition) is 1. The van der Waals surface area contributed by atoms with Gasteiger partial charge in [0.15, 0.2) is 0 Å². The van der Waals surface area contributed by atoms with E-state index in [0.29, 0.717) is 5.56 Å². The number of carboxylic acid groups (broad SMARTS) is 1. The molecule has 0 aliphatic carbocycles. The fraction of sp³-hybridized carbons (Fsp3) is 0.250. The molecule has 0 atom stereocenters. The number of rotatable bonds is 3. The number of hydrogen-bond acceptors (Lipinski definition) is 4. The van der Waals surface area contributed by atoms with Gasteiger partial charge < -0.3 is 15.2 Å². The van der Waals surface area contributed by atoms with Crippen LogP contribution in [0.5, 0.6) is 0 Å². The topological polar surface area (TPSA) is 93.3 Å². The summed E-state index contributed by atoms with van der Waals surface area (Å²) in [6.45, 7) is 1.70. The summed E-state index contributed by atoms with van der Waals surface area (Å²) in [5.41, 5.74) is 0.828. The Kier molecular flexibility index (Phi) is 2.76. The van der Waals surface area contributed by atoms with E-state index in [1.54, 1.807) is 6.92 Å². The molecule has 0 bridgehead atoms. The summed E-state index contributed by atoms with van der Waals surface area (Å²) < 4.78 is 0. The molecule has 0 unspecified atom stereocenters. The fourth-order valence-electron chi connectivity index (χ4n) is 1.08. The largest absolute Gasteiger partial charge is 0.481 e. The van der Waals surface area contributed by atoms with Crippen LogP contribution in [0.25, 0.3) is 0 Å². The van der Waals surface area contributed by atoms with Gasteiger partial charge in [-0.2, -0.15) is 0 Å². The molecule has 0 aliphatic heterocycles. The third-order valence-electron chi connectivity index (χ3n) is 1.59. The Labute approximate surface area is 79.4 Å². The van der Waals surface area contributed by atoms with Crippen molar-refractivity contribution in [3.63, 3.8) is 0 Å². The number of aliphatic carboxylic acids is 1. The van der Waals surface area contributed by atoms with Gasteiger partial charge in [-0.25, -0.2) is 0 Å². The van der Waals surface area contributed by atoms with Crippen LogP contribution in [0.4, 0.5) is 5.82 Å². The Morgan fingerprint density at radius 3 is 2.86 bits per heavy atom. The molecule has 1 aromatic heterocycles. The summed E-state index contributed by atoms with van der Waals surface area (Å²) in [5.74, 6) is -1.50. The van der Waals surface area contributed by atoms with Crippen LogP contribution in [0, 0.1) is 17.0 Å². The lowest BCUT2D eigenvalue weighted by atomic mass is 10.1. The lowest BCUT2D eigenvalue weighted by Crippen LogP contribution is -2.05. The smallest absolute Gasteiger partial charge is 0.367 e. The Balaban J connectivity index is 3.15. The zero-order valence-electron chi connectivity index (χ0n) is 7.43. The van der Waals surface area contributed by atoms with Crippen LogP contribution in [0.3, 0.4) is 0 Å². The van der Waals surface area contributed by atoms with Crippen molar-refractivity contribution < 1.29 is 14.8 Å². The van der Waals surface area contributed by atoms with Gasteiger partial charge in [-0.05, 0) is 28.5 Å². The zero-order valence-corrected chi connectivity index (χ0v) is 7.43. The molecule has 6 heteroatoms. The maximum Gasteiger partial charge on any atom is 0.367 e. The molecule has 0 aromatic carbocycles. The summed E-state index contributed by atoms with van der Waals surface area (Å²) in [6.07, 6.45) is 0.953. The highest BCUT2D eigenvalue weighted by Gasteiger charge is 2.17. The van der Waals surface area contributed by atoms with Crippen molar-refractivity contribution in [1.29, 1.82) is 0 Å². The highest BCUT2D eigenvalue weighted by Crippen LogP contribution is 2.16. The Morgan fingerprint density at radius 1 is 1.71 bits per heavy atom. The van der Waals surface area contributed by atoms with Gasteiger partial charge in [-0.1, -0.05) is 0 Å². The van der Waals surface area contributed by atoms with E-state index in [1.807, 2.05) is 0 Å². The van der Waals surface area contributed by atoms with Crippen LogP contribution in [0.1, 0.15) is 11.1 Å². The van der Waals surface area contributed by atoms with Crippen molar-refractivity contribution >= 4 is 11.8 Å². The van der Waals surface area contributed by atoms with Gasteiger partial charge in [0, 0.05) is 0 Å². The first-order valence-electron chi connectivity index (χ1n) is 3.82. The maximum atomic E-state index is 10.5. The number of carboxylic acids is 1. The van der Waals surface area contributed by atoms with Crippen molar-refractivity contribution in [2.75, 3.05) is 0 Å². The maximum absolute atomic E-state index is 10.5. The van der Waals surface area contributed by atoms with Crippen LogP contribution in [-0.4, -0.2) is 21.0 Å². The van der Waals surface area contributed by atoms with Gasteiger partial charge in [0.1, 0.15) is 6.20 Å². The van der Waals surface area contributed by atoms with Crippen molar-refractivity contribution in [3.8, 4) is 0 Å². The molecule has 0 spiro atoms. The molecular weight excluding hydrogens is 188 g/mol. The van der Waals surface area contributed by atoms with Gasteiger partial charge >= 0.3 is 11.8 Å². The first kappa shape index (κ1) is 10.1. The SMILES string of the molecule is Cc1cnc([N+](=O)[O-])c(CC(=O)O)c1.